The first-order valence-corrected chi connectivity index (χ1v) is 16.7. The van der Waals surface area contributed by atoms with Crippen LogP contribution in [0.25, 0.3) is 11.1 Å². The van der Waals surface area contributed by atoms with Crippen molar-refractivity contribution in [1.82, 2.24) is 10.2 Å². The maximum absolute atomic E-state index is 13.6. The highest BCUT2D eigenvalue weighted by molar-refractivity contribution is 7.61. The molecule has 1 atom stereocenters. The minimum absolute atomic E-state index is 0.138. The second-order valence-electron chi connectivity index (χ2n) is 11.8. The number of hydrogen-bond donors (Lipinski definition) is 2. The van der Waals surface area contributed by atoms with Gasteiger partial charge in [0, 0.05) is 30.9 Å². The van der Waals surface area contributed by atoms with Gasteiger partial charge in [-0.3, -0.25) is 14.4 Å². The maximum Gasteiger partial charge on any atom is 0.358 e. The number of halogens is 1. The summed E-state index contributed by atoms with van der Waals surface area (Å²) in [5.41, 5.74) is 4.96. The number of nitrogens with zero attached hydrogens (tertiary/aromatic N) is 2. The number of carbonyl (C=O) groups is 1. The smallest absolute Gasteiger partial charge is 0.358 e. The molecule has 1 spiro atoms. The fourth-order valence-corrected chi connectivity index (χ4v) is 7.34. The minimum Gasteiger partial charge on any atom is -0.494 e. The van der Waals surface area contributed by atoms with E-state index in [1.807, 2.05) is 19.1 Å². The first-order chi connectivity index (χ1) is 20.7. The quantitative estimate of drug-likeness (QED) is 0.268. The summed E-state index contributed by atoms with van der Waals surface area (Å²) < 4.78 is 37.1. The summed E-state index contributed by atoms with van der Waals surface area (Å²) in [6, 6.07) is 17.5. The Morgan fingerprint density at radius 1 is 1.02 bits per heavy atom. The van der Waals surface area contributed by atoms with E-state index in [1.54, 1.807) is 36.1 Å². The first kappa shape index (κ1) is 29.8. The van der Waals surface area contributed by atoms with Crippen LogP contribution in [0, 0.1) is 5.82 Å². The summed E-state index contributed by atoms with van der Waals surface area (Å²) in [5.74, 6) is 1.15. The van der Waals surface area contributed by atoms with E-state index in [0.29, 0.717) is 24.8 Å². The van der Waals surface area contributed by atoms with Crippen molar-refractivity contribution in [3.05, 3.63) is 77.6 Å². The zero-order chi connectivity index (χ0) is 30.2. The fourth-order valence-electron chi connectivity index (χ4n) is 6.32. The van der Waals surface area contributed by atoms with Gasteiger partial charge in [0.2, 0.25) is 0 Å². The molecule has 3 aromatic carbocycles. The molecule has 2 heterocycles. The number of carbonyl (C=O) groups excluding carboxylic acids is 1. The number of benzene rings is 3. The highest BCUT2D eigenvalue weighted by atomic mass is 31.2. The van der Waals surface area contributed by atoms with Crippen LogP contribution in [0.15, 0.2) is 60.7 Å². The van der Waals surface area contributed by atoms with Crippen molar-refractivity contribution in [1.29, 1.82) is 0 Å². The van der Waals surface area contributed by atoms with E-state index in [0.717, 1.165) is 54.9 Å². The van der Waals surface area contributed by atoms with Crippen molar-refractivity contribution in [3.63, 3.8) is 0 Å². The van der Waals surface area contributed by atoms with Crippen LogP contribution in [0.4, 0.5) is 14.9 Å². The first-order valence-electron chi connectivity index (χ1n) is 15.2. The number of anilines is 1. The van der Waals surface area contributed by atoms with Crippen LogP contribution >= 0.6 is 7.60 Å². The third-order valence-corrected chi connectivity index (χ3v) is 10.3. The Morgan fingerprint density at radius 3 is 2.35 bits per heavy atom. The van der Waals surface area contributed by atoms with Gasteiger partial charge in [0.25, 0.3) is 0 Å². The number of amides is 2. The van der Waals surface area contributed by atoms with Crippen LogP contribution in [-0.4, -0.2) is 54.2 Å². The topological polar surface area (TPSA) is 91.3 Å². The molecule has 8 nitrogen and oxygen atoms in total. The number of hydrogen-bond acceptors (Lipinski definition) is 5. The van der Waals surface area contributed by atoms with Gasteiger partial charge in [-0.1, -0.05) is 12.1 Å². The fraction of sp³-hybridized carbons (Fsp3) is 0.424. The van der Waals surface area contributed by atoms with Crippen LogP contribution in [0.5, 0.6) is 5.75 Å². The molecule has 2 aliphatic heterocycles. The third kappa shape index (κ3) is 6.36. The van der Waals surface area contributed by atoms with Crippen LogP contribution < -0.4 is 20.3 Å². The molecule has 6 rings (SSSR count). The molecule has 43 heavy (non-hydrogen) atoms. The Labute approximate surface area is 252 Å². The number of likely N-dealkylation sites (tertiary alicyclic amines) is 1. The lowest BCUT2D eigenvalue weighted by atomic mass is 9.87. The van der Waals surface area contributed by atoms with Gasteiger partial charge >= 0.3 is 13.6 Å². The van der Waals surface area contributed by atoms with Crippen molar-refractivity contribution >= 4 is 24.6 Å². The largest absolute Gasteiger partial charge is 0.494 e. The summed E-state index contributed by atoms with van der Waals surface area (Å²) >= 11 is 0. The van der Waals surface area contributed by atoms with E-state index in [1.165, 1.54) is 30.5 Å². The Balaban J connectivity index is 1.15. The minimum atomic E-state index is -3.86. The summed E-state index contributed by atoms with van der Waals surface area (Å²) in [5, 5.41) is 3.45. The lowest BCUT2D eigenvalue weighted by molar-refractivity contribution is 0.149. The molecule has 3 fully saturated rings. The predicted molar refractivity (Wildman–Crippen MR) is 166 cm³/mol. The van der Waals surface area contributed by atoms with Crippen LogP contribution in [0.3, 0.4) is 0 Å². The molecule has 0 bridgehead atoms. The molecule has 228 valence electrons. The van der Waals surface area contributed by atoms with E-state index in [9.17, 15) is 18.6 Å². The highest BCUT2D eigenvalue weighted by Gasteiger charge is 2.45. The molecule has 3 aromatic rings. The lowest BCUT2D eigenvalue weighted by Gasteiger charge is -2.39. The summed E-state index contributed by atoms with van der Waals surface area (Å²) in [7, 11) is -3.86. The van der Waals surface area contributed by atoms with Gasteiger partial charge in [-0.2, -0.15) is 0 Å². The van der Waals surface area contributed by atoms with Crippen molar-refractivity contribution < 1.29 is 27.9 Å². The highest BCUT2D eigenvalue weighted by Crippen LogP contribution is 2.47. The van der Waals surface area contributed by atoms with E-state index < -0.39 is 7.60 Å². The molecule has 0 aromatic heterocycles. The lowest BCUT2D eigenvalue weighted by Crippen LogP contribution is -2.52. The average molecular weight is 608 g/mol. The zero-order valence-electron chi connectivity index (χ0n) is 24.7. The molecule has 0 radical (unpaired) electrons. The Hall–Kier alpha value is -3.23. The van der Waals surface area contributed by atoms with E-state index in [-0.39, 0.29) is 29.3 Å². The standard InChI is InChI=1S/C33H39FN3O5P/c1-3-41-31-20-30(24-7-9-26(34)10-8-24)29(23-5-6-23)19-25(31)21-36-17-15-33(16-18-36)22-37(32(38)35-33)27-11-13-28(14-12-27)43(39,40)42-4-2/h7-14,19-20,23H,3-6,15-18,21-22H2,1-2H3,(H,35,38)(H,39,40). The SMILES string of the molecule is CCOc1cc(-c2ccc(F)cc2)c(C2CC2)cc1CN1CCC2(CC1)CN(c1ccc(P(=O)(O)OCC)cc1)C(=O)N2. The molecule has 1 aliphatic carbocycles. The summed E-state index contributed by atoms with van der Waals surface area (Å²) in [6.45, 7) is 7.33. The van der Waals surface area contributed by atoms with Gasteiger partial charge in [0.1, 0.15) is 11.6 Å². The Bertz CT molecular complexity index is 1520. The second kappa shape index (κ2) is 12.0. The number of urea groups is 1. The molecule has 2 amide bonds. The van der Waals surface area contributed by atoms with Crippen molar-refractivity contribution in [2.24, 2.45) is 0 Å². The Kier molecular flexibility index (Phi) is 8.35. The number of ether oxygens (including phenoxy) is 1. The van der Waals surface area contributed by atoms with Crippen molar-refractivity contribution in [3.8, 4) is 16.9 Å². The van der Waals surface area contributed by atoms with Gasteiger partial charge in [-0.25, -0.2) is 9.18 Å². The number of rotatable bonds is 10. The van der Waals surface area contributed by atoms with Crippen LogP contribution in [0.1, 0.15) is 56.6 Å². The van der Waals surface area contributed by atoms with E-state index in [2.05, 4.69) is 22.3 Å². The van der Waals surface area contributed by atoms with Gasteiger partial charge in [-0.15, -0.1) is 0 Å². The zero-order valence-corrected chi connectivity index (χ0v) is 25.6. The molecular weight excluding hydrogens is 568 g/mol. The van der Waals surface area contributed by atoms with Crippen molar-refractivity contribution in [2.45, 2.75) is 57.5 Å². The number of nitrogens with one attached hydrogen (secondary N) is 1. The molecule has 2 saturated heterocycles. The van der Waals surface area contributed by atoms with Gasteiger partial charge in [0.15, 0.2) is 0 Å². The number of piperidine rings is 1. The van der Waals surface area contributed by atoms with Crippen LogP contribution in [0.2, 0.25) is 0 Å². The summed E-state index contributed by atoms with van der Waals surface area (Å²) in [4.78, 5) is 27.3. The summed E-state index contributed by atoms with van der Waals surface area (Å²) in [6.07, 6.45) is 3.96. The Morgan fingerprint density at radius 2 is 1.72 bits per heavy atom. The van der Waals surface area contributed by atoms with Gasteiger partial charge < -0.3 is 19.5 Å². The van der Waals surface area contributed by atoms with Gasteiger partial charge in [0.05, 0.1) is 30.6 Å². The second-order valence-corrected chi connectivity index (χ2v) is 13.6. The maximum atomic E-state index is 13.6. The monoisotopic (exact) mass is 607 g/mol. The molecular formula is C33H39FN3O5P. The molecule has 10 heteroatoms. The molecule has 2 N–H and O–H groups in total. The molecule has 1 saturated carbocycles. The van der Waals surface area contributed by atoms with Gasteiger partial charge in [-0.05, 0) is 111 Å². The van der Waals surface area contributed by atoms with E-state index in [4.69, 9.17) is 9.26 Å². The predicted octanol–water partition coefficient (Wildman–Crippen LogP) is 6.18. The normalized spacial score (nSPS) is 19.8. The van der Waals surface area contributed by atoms with E-state index >= 15 is 0 Å². The molecule has 3 aliphatic rings. The molecule has 1 unspecified atom stereocenters. The third-order valence-electron chi connectivity index (χ3n) is 8.78. The van der Waals surface area contributed by atoms with Crippen molar-refractivity contribution in [2.75, 3.05) is 37.7 Å². The van der Waals surface area contributed by atoms with Crippen LogP contribution in [-0.2, 0) is 15.6 Å². The average Bonchev–Trinajstić information content (AvgIpc) is 3.79.